The summed E-state index contributed by atoms with van der Waals surface area (Å²) in [6.07, 6.45) is 0. The molecule has 4 heteroatoms. The number of nitrogens with one attached hydrogen (secondary N) is 1. The second-order valence-electron chi connectivity index (χ2n) is 3.03. The normalized spacial score (nSPS) is 9.93. The third-order valence-electron chi connectivity index (χ3n) is 1.85. The van der Waals surface area contributed by atoms with Crippen molar-refractivity contribution < 1.29 is 4.79 Å². The molecule has 0 atom stereocenters. The number of amides is 1. The van der Waals surface area contributed by atoms with Gasteiger partial charge in [-0.25, -0.2) is 0 Å². The Labute approximate surface area is 92.1 Å². The van der Waals surface area contributed by atoms with Crippen molar-refractivity contribution in [2.24, 2.45) is 0 Å². The zero-order chi connectivity index (χ0) is 10.6. The quantitative estimate of drug-likeness (QED) is 0.839. The molecule has 1 aromatic heterocycles. The Kier molecular flexibility index (Phi) is 4.07. The molecular formula is C10H13BrN2O. The van der Waals surface area contributed by atoms with Gasteiger partial charge in [0.1, 0.15) is 0 Å². The SMILES string of the molecule is Cc1ccc(C(=O)NCCBr)c(C)n1. The minimum Gasteiger partial charge on any atom is -0.351 e. The average Bonchev–Trinajstić information content (AvgIpc) is 2.14. The Balaban J connectivity index is 2.80. The molecule has 76 valence electrons. The molecule has 0 aromatic carbocycles. The Bertz CT molecular complexity index is 339. The van der Waals surface area contributed by atoms with E-state index in [0.29, 0.717) is 12.1 Å². The van der Waals surface area contributed by atoms with Gasteiger partial charge in [-0.2, -0.15) is 0 Å². The molecule has 0 aliphatic rings. The first kappa shape index (κ1) is 11.2. The van der Waals surface area contributed by atoms with Crippen LogP contribution < -0.4 is 5.32 Å². The van der Waals surface area contributed by atoms with Crippen LogP contribution >= 0.6 is 15.9 Å². The Morgan fingerprint density at radius 3 is 2.79 bits per heavy atom. The number of rotatable bonds is 3. The van der Waals surface area contributed by atoms with Gasteiger partial charge in [0.2, 0.25) is 0 Å². The van der Waals surface area contributed by atoms with Crippen molar-refractivity contribution in [1.82, 2.24) is 10.3 Å². The summed E-state index contributed by atoms with van der Waals surface area (Å²) in [6, 6.07) is 3.65. The summed E-state index contributed by atoms with van der Waals surface area (Å²) in [4.78, 5) is 15.8. The van der Waals surface area contributed by atoms with Gasteiger partial charge in [-0.3, -0.25) is 9.78 Å². The van der Waals surface area contributed by atoms with Crippen LogP contribution in [0.15, 0.2) is 12.1 Å². The predicted molar refractivity (Wildman–Crippen MR) is 59.8 cm³/mol. The first-order valence-electron chi connectivity index (χ1n) is 4.43. The monoisotopic (exact) mass is 256 g/mol. The second kappa shape index (κ2) is 5.10. The van der Waals surface area contributed by atoms with E-state index in [-0.39, 0.29) is 5.91 Å². The molecule has 1 N–H and O–H groups in total. The number of nitrogens with zero attached hydrogens (tertiary/aromatic N) is 1. The molecule has 0 saturated heterocycles. The van der Waals surface area contributed by atoms with E-state index in [1.54, 1.807) is 6.07 Å². The molecule has 1 amide bonds. The molecule has 0 fully saturated rings. The van der Waals surface area contributed by atoms with Gasteiger partial charge in [-0.05, 0) is 26.0 Å². The summed E-state index contributed by atoms with van der Waals surface area (Å²) in [5.41, 5.74) is 2.35. The molecule has 3 nitrogen and oxygen atoms in total. The highest BCUT2D eigenvalue weighted by molar-refractivity contribution is 9.09. The van der Waals surface area contributed by atoms with Crippen LogP contribution in [0, 0.1) is 13.8 Å². The van der Waals surface area contributed by atoms with Crippen molar-refractivity contribution >= 4 is 21.8 Å². The first-order chi connectivity index (χ1) is 6.65. The van der Waals surface area contributed by atoms with E-state index in [1.165, 1.54) is 0 Å². The largest absolute Gasteiger partial charge is 0.351 e. The van der Waals surface area contributed by atoms with E-state index in [1.807, 2.05) is 19.9 Å². The van der Waals surface area contributed by atoms with E-state index in [9.17, 15) is 4.79 Å². The molecule has 0 spiro atoms. The fourth-order valence-electron chi connectivity index (χ4n) is 1.18. The van der Waals surface area contributed by atoms with Gasteiger partial charge in [0.05, 0.1) is 11.3 Å². The maximum atomic E-state index is 11.6. The number of hydrogen-bond donors (Lipinski definition) is 1. The van der Waals surface area contributed by atoms with Gasteiger partial charge in [0.15, 0.2) is 0 Å². The van der Waals surface area contributed by atoms with Gasteiger partial charge < -0.3 is 5.32 Å². The van der Waals surface area contributed by atoms with Crippen molar-refractivity contribution in [1.29, 1.82) is 0 Å². The molecule has 1 rings (SSSR count). The van der Waals surface area contributed by atoms with Crippen molar-refractivity contribution in [3.8, 4) is 0 Å². The van der Waals surface area contributed by atoms with Crippen LogP contribution in [0.5, 0.6) is 0 Å². The lowest BCUT2D eigenvalue weighted by Gasteiger charge is -2.05. The van der Waals surface area contributed by atoms with Crippen LogP contribution in [-0.2, 0) is 0 Å². The highest BCUT2D eigenvalue weighted by Crippen LogP contribution is 2.05. The second-order valence-corrected chi connectivity index (χ2v) is 3.82. The highest BCUT2D eigenvalue weighted by atomic mass is 79.9. The van der Waals surface area contributed by atoms with Crippen LogP contribution in [0.25, 0.3) is 0 Å². The van der Waals surface area contributed by atoms with Crippen LogP contribution in [0.4, 0.5) is 0 Å². The molecule has 0 saturated carbocycles. The standard InChI is InChI=1S/C10H13BrN2O/c1-7-3-4-9(8(2)13-7)10(14)12-6-5-11/h3-4H,5-6H2,1-2H3,(H,12,14). The zero-order valence-electron chi connectivity index (χ0n) is 8.30. The van der Waals surface area contributed by atoms with Crippen molar-refractivity contribution in [2.75, 3.05) is 11.9 Å². The van der Waals surface area contributed by atoms with Gasteiger partial charge in [-0.1, -0.05) is 15.9 Å². The third-order valence-corrected chi connectivity index (χ3v) is 2.25. The molecule has 1 aromatic rings. The van der Waals surface area contributed by atoms with Gasteiger partial charge in [0.25, 0.3) is 5.91 Å². The molecule has 0 aliphatic heterocycles. The number of carbonyl (C=O) groups excluding carboxylic acids is 1. The van der Waals surface area contributed by atoms with Crippen molar-refractivity contribution in [2.45, 2.75) is 13.8 Å². The maximum Gasteiger partial charge on any atom is 0.253 e. The number of hydrogen-bond acceptors (Lipinski definition) is 2. The fourth-order valence-corrected chi connectivity index (χ4v) is 1.38. The average molecular weight is 257 g/mol. The summed E-state index contributed by atoms with van der Waals surface area (Å²) in [7, 11) is 0. The smallest absolute Gasteiger partial charge is 0.253 e. The number of pyridine rings is 1. The molecule has 0 bridgehead atoms. The zero-order valence-corrected chi connectivity index (χ0v) is 9.89. The highest BCUT2D eigenvalue weighted by Gasteiger charge is 2.08. The Morgan fingerprint density at radius 1 is 1.50 bits per heavy atom. The van der Waals surface area contributed by atoms with Crippen molar-refractivity contribution in [3.05, 3.63) is 29.1 Å². The molecular weight excluding hydrogens is 244 g/mol. The van der Waals surface area contributed by atoms with E-state index in [0.717, 1.165) is 16.7 Å². The lowest BCUT2D eigenvalue weighted by atomic mass is 10.2. The lowest BCUT2D eigenvalue weighted by Crippen LogP contribution is -2.26. The summed E-state index contributed by atoms with van der Waals surface area (Å²) < 4.78 is 0. The van der Waals surface area contributed by atoms with E-state index < -0.39 is 0 Å². The number of carbonyl (C=O) groups is 1. The molecule has 1 heterocycles. The van der Waals surface area contributed by atoms with Gasteiger partial charge in [-0.15, -0.1) is 0 Å². The first-order valence-corrected chi connectivity index (χ1v) is 5.55. The number of aromatic nitrogens is 1. The Hall–Kier alpha value is -0.900. The molecule has 14 heavy (non-hydrogen) atoms. The molecule has 0 radical (unpaired) electrons. The molecule has 0 aliphatic carbocycles. The van der Waals surface area contributed by atoms with E-state index >= 15 is 0 Å². The van der Waals surface area contributed by atoms with Crippen LogP contribution in [-0.4, -0.2) is 22.8 Å². The van der Waals surface area contributed by atoms with E-state index in [4.69, 9.17) is 0 Å². The number of aryl methyl sites for hydroxylation is 2. The summed E-state index contributed by atoms with van der Waals surface area (Å²) in [5.74, 6) is -0.0607. The third kappa shape index (κ3) is 2.80. The minimum atomic E-state index is -0.0607. The number of halogens is 1. The van der Waals surface area contributed by atoms with Gasteiger partial charge in [0, 0.05) is 17.6 Å². The predicted octanol–water partition coefficient (Wildman–Crippen LogP) is 1.82. The molecule has 0 unspecified atom stereocenters. The van der Waals surface area contributed by atoms with Crippen molar-refractivity contribution in [3.63, 3.8) is 0 Å². The summed E-state index contributed by atoms with van der Waals surface area (Å²) >= 11 is 3.25. The topological polar surface area (TPSA) is 42.0 Å². The van der Waals surface area contributed by atoms with Gasteiger partial charge >= 0.3 is 0 Å². The summed E-state index contributed by atoms with van der Waals surface area (Å²) in [5, 5.41) is 3.54. The van der Waals surface area contributed by atoms with E-state index in [2.05, 4.69) is 26.2 Å². The minimum absolute atomic E-state index is 0.0607. The Morgan fingerprint density at radius 2 is 2.21 bits per heavy atom. The van der Waals surface area contributed by atoms with Crippen LogP contribution in [0.2, 0.25) is 0 Å². The fraction of sp³-hybridized carbons (Fsp3) is 0.400. The lowest BCUT2D eigenvalue weighted by molar-refractivity contribution is 0.0955. The van der Waals surface area contributed by atoms with Crippen LogP contribution in [0.1, 0.15) is 21.7 Å². The maximum absolute atomic E-state index is 11.6. The van der Waals surface area contributed by atoms with Crippen LogP contribution in [0.3, 0.4) is 0 Å². The summed E-state index contributed by atoms with van der Waals surface area (Å²) in [6.45, 7) is 4.38. The number of alkyl halides is 1.